The van der Waals surface area contributed by atoms with Crippen molar-refractivity contribution in [2.45, 2.75) is 18.9 Å². The zero-order valence-corrected chi connectivity index (χ0v) is 15.4. The Morgan fingerprint density at radius 1 is 1.26 bits per heavy atom. The lowest BCUT2D eigenvalue weighted by Gasteiger charge is -2.30. The average Bonchev–Trinajstić information content (AvgIpc) is 2.47. The average molecular weight is 364 g/mol. The van der Waals surface area contributed by atoms with Gasteiger partial charge in [0.05, 0.1) is 5.56 Å². The largest absolute Gasteiger partial charge is 0.491 e. The number of hydrogen-bond acceptors (Lipinski definition) is 4. The van der Waals surface area contributed by atoms with Gasteiger partial charge in [-0.2, -0.15) is 0 Å². The second-order valence-corrected chi connectivity index (χ2v) is 5.78. The van der Waals surface area contributed by atoms with Crippen LogP contribution in [0.15, 0.2) is 24.3 Å². The molecule has 0 spiro atoms. The predicted molar refractivity (Wildman–Crippen MR) is 98.1 cm³/mol. The number of likely N-dealkylation sites (N-methyl/N-ethyl adjacent to an activating group) is 1. The molecule has 0 atom stereocenters. The van der Waals surface area contributed by atoms with E-state index in [1.807, 2.05) is 43.3 Å². The molecule has 0 aromatic heterocycles. The van der Waals surface area contributed by atoms with Crippen LogP contribution >= 0.6 is 24.8 Å². The summed E-state index contributed by atoms with van der Waals surface area (Å²) in [5.74, 6) is 0.710. The molecule has 2 rings (SSSR count). The van der Waals surface area contributed by atoms with Crippen LogP contribution in [0.4, 0.5) is 0 Å². The number of nitrogens with zero attached hydrogens (tertiary/aromatic N) is 2. The van der Waals surface area contributed by atoms with Gasteiger partial charge in [-0.1, -0.05) is 12.1 Å². The van der Waals surface area contributed by atoms with Crippen LogP contribution in [-0.4, -0.2) is 62.1 Å². The number of likely N-dealkylation sites (tertiary alicyclic amines) is 1. The highest BCUT2D eigenvalue weighted by Crippen LogP contribution is 2.21. The van der Waals surface area contributed by atoms with Crippen molar-refractivity contribution in [3.05, 3.63) is 29.8 Å². The molecule has 2 N–H and O–H groups in total. The Bertz CT molecular complexity index is 478. The molecule has 0 aliphatic carbocycles. The Hall–Kier alpha value is -1.01. The minimum absolute atomic E-state index is 0. The lowest BCUT2D eigenvalue weighted by atomic mass is 10.0. The van der Waals surface area contributed by atoms with E-state index in [4.69, 9.17) is 10.5 Å². The van der Waals surface area contributed by atoms with Gasteiger partial charge in [0.2, 0.25) is 0 Å². The van der Waals surface area contributed by atoms with E-state index >= 15 is 0 Å². The number of amides is 1. The molecule has 1 aromatic carbocycles. The molecule has 1 aliphatic rings. The Kier molecular flexibility index (Phi) is 10.2. The van der Waals surface area contributed by atoms with Crippen molar-refractivity contribution in [2.75, 3.05) is 40.3 Å². The fraction of sp³-hybridized carbons (Fsp3) is 0.562. The van der Waals surface area contributed by atoms with E-state index in [1.165, 1.54) is 0 Å². The summed E-state index contributed by atoms with van der Waals surface area (Å²) in [6.07, 6.45) is 1.74. The molecule has 7 heteroatoms. The summed E-state index contributed by atoms with van der Waals surface area (Å²) in [7, 11) is 3.99. The molecule has 5 nitrogen and oxygen atoms in total. The molecule has 1 fully saturated rings. The summed E-state index contributed by atoms with van der Waals surface area (Å²) >= 11 is 0. The van der Waals surface area contributed by atoms with Crippen LogP contribution in [0.2, 0.25) is 0 Å². The maximum atomic E-state index is 12.6. The lowest BCUT2D eigenvalue weighted by Crippen LogP contribution is -2.43. The van der Waals surface area contributed by atoms with Crippen molar-refractivity contribution < 1.29 is 9.53 Å². The number of piperidine rings is 1. The summed E-state index contributed by atoms with van der Waals surface area (Å²) in [5, 5.41) is 0. The quantitative estimate of drug-likeness (QED) is 0.869. The molecule has 0 radical (unpaired) electrons. The highest BCUT2D eigenvalue weighted by Gasteiger charge is 2.23. The Morgan fingerprint density at radius 3 is 2.48 bits per heavy atom. The number of ether oxygens (including phenoxy) is 1. The van der Waals surface area contributed by atoms with Gasteiger partial charge in [-0.3, -0.25) is 4.79 Å². The topological polar surface area (TPSA) is 58.8 Å². The van der Waals surface area contributed by atoms with E-state index in [1.54, 1.807) is 0 Å². The van der Waals surface area contributed by atoms with Crippen LogP contribution in [0.1, 0.15) is 23.2 Å². The lowest BCUT2D eigenvalue weighted by molar-refractivity contribution is 0.0710. The van der Waals surface area contributed by atoms with Gasteiger partial charge in [-0.05, 0) is 39.1 Å². The van der Waals surface area contributed by atoms with E-state index in [-0.39, 0.29) is 36.8 Å². The van der Waals surface area contributed by atoms with Crippen molar-refractivity contribution in [1.82, 2.24) is 9.80 Å². The number of hydrogen-bond donors (Lipinski definition) is 1. The van der Waals surface area contributed by atoms with Crippen LogP contribution in [0.5, 0.6) is 5.75 Å². The van der Waals surface area contributed by atoms with Crippen LogP contribution in [0, 0.1) is 0 Å². The number of benzene rings is 1. The molecule has 1 heterocycles. The second kappa shape index (κ2) is 10.7. The first-order valence-corrected chi connectivity index (χ1v) is 7.49. The normalized spacial score (nSPS) is 14.9. The van der Waals surface area contributed by atoms with E-state index in [0.29, 0.717) is 17.9 Å². The van der Waals surface area contributed by atoms with Crippen molar-refractivity contribution in [3.63, 3.8) is 0 Å². The fourth-order valence-corrected chi connectivity index (χ4v) is 2.38. The van der Waals surface area contributed by atoms with Crippen LogP contribution in [0.3, 0.4) is 0 Å². The Morgan fingerprint density at radius 2 is 1.87 bits per heavy atom. The molecule has 132 valence electrons. The molecule has 0 bridgehead atoms. The van der Waals surface area contributed by atoms with Crippen LogP contribution < -0.4 is 10.5 Å². The van der Waals surface area contributed by atoms with Gasteiger partial charge in [-0.25, -0.2) is 0 Å². The third-order valence-corrected chi connectivity index (χ3v) is 3.74. The maximum Gasteiger partial charge on any atom is 0.257 e. The van der Waals surface area contributed by atoms with Crippen molar-refractivity contribution in [2.24, 2.45) is 5.73 Å². The van der Waals surface area contributed by atoms with Crippen molar-refractivity contribution in [1.29, 1.82) is 0 Å². The van der Waals surface area contributed by atoms with Crippen molar-refractivity contribution >= 4 is 30.7 Å². The number of nitrogens with two attached hydrogens (primary N) is 1. The Balaban J connectivity index is 0.00000242. The molecule has 1 aliphatic heterocycles. The number of carbonyl (C=O) groups excluding carboxylic acids is 1. The molecular weight excluding hydrogens is 337 g/mol. The van der Waals surface area contributed by atoms with Crippen LogP contribution in [0.25, 0.3) is 0 Å². The number of rotatable bonds is 5. The first kappa shape index (κ1) is 22.0. The molecular formula is C16H27Cl2N3O2. The summed E-state index contributed by atoms with van der Waals surface area (Å²) in [4.78, 5) is 16.5. The third-order valence-electron chi connectivity index (χ3n) is 3.74. The van der Waals surface area contributed by atoms with E-state index in [9.17, 15) is 4.79 Å². The molecule has 23 heavy (non-hydrogen) atoms. The monoisotopic (exact) mass is 363 g/mol. The van der Waals surface area contributed by atoms with Gasteiger partial charge in [0.15, 0.2) is 0 Å². The van der Waals surface area contributed by atoms with Gasteiger partial charge < -0.3 is 20.3 Å². The number of para-hydroxylation sites is 1. The van der Waals surface area contributed by atoms with E-state index in [2.05, 4.69) is 4.90 Å². The standard InChI is InChI=1S/C16H25N3O2.2ClH/c1-18(2)11-12-21-15-6-4-3-5-14(15)16(20)19-9-7-13(17)8-10-19;;/h3-6,13H,7-12,17H2,1-2H3;2*1H. The third kappa shape index (κ3) is 6.55. The fourth-order valence-electron chi connectivity index (χ4n) is 2.38. The number of halogens is 2. The molecule has 1 aromatic rings. The van der Waals surface area contributed by atoms with E-state index < -0.39 is 0 Å². The highest BCUT2D eigenvalue weighted by molar-refractivity contribution is 5.97. The smallest absolute Gasteiger partial charge is 0.257 e. The van der Waals surface area contributed by atoms with E-state index in [0.717, 1.165) is 32.5 Å². The van der Waals surface area contributed by atoms with Crippen molar-refractivity contribution in [3.8, 4) is 5.75 Å². The minimum Gasteiger partial charge on any atom is -0.491 e. The molecule has 1 saturated heterocycles. The highest BCUT2D eigenvalue weighted by atomic mass is 35.5. The molecule has 0 saturated carbocycles. The first-order chi connectivity index (χ1) is 10.1. The zero-order valence-electron chi connectivity index (χ0n) is 13.7. The summed E-state index contributed by atoms with van der Waals surface area (Å²) in [6.45, 7) is 2.85. The summed E-state index contributed by atoms with van der Waals surface area (Å²) in [6, 6.07) is 7.69. The molecule has 0 unspecified atom stereocenters. The van der Waals surface area contributed by atoms with Gasteiger partial charge >= 0.3 is 0 Å². The van der Waals surface area contributed by atoms with Gasteiger partial charge in [-0.15, -0.1) is 24.8 Å². The zero-order chi connectivity index (χ0) is 15.2. The molecule has 1 amide bonds. The Labute approximate surface area is 151 Å². The SMILES string of the molecule is CN(C)CCOc1ccccc1C(=O)N1CCC(N)CC1.Cl.Cl. The minimum atomic E-state index is 0. The predicted octanol–water partition coefficient (Wildman–Crippen LogP) is 2.03. The van der Waals surface area contributed by atoms with Gasteiger partial charge in [0, 0.05) is 25.7 Å². The van der Waals surface area contributed by atoms with Gasteiger partial charge in [0.25, 0.3) is 5.91 Å². The number of carbonyl (C=O) groups is 1. The summed E-state index contributed by atoms with van der Waals surface area (Å²) in [5.41, 5.74) is 6.54. The first-order valence-electron chi connectivity index (χ1n) is 7.49. The second-order valence-electron chi connectivity index (χ2n) is 5.78. The maximum absolute atomic E-state index is 12.6. The summed E-state index contributed by atoms with van der Waals surface area (Å²) < 4.78 is 5.77. The van der Waals surface area contributed by atoms with Crippen LogP contribution in [-0.2, 0) is 0 Å². The van der Waals surface area contributed by atoms with Gasteiger partial charge in [0.1, 0.15) is 12.4 Å².